The molecule has 0 fully saturated rings. The Hall–Kier alpha value is -3.22. The van der Waals surface area contributed by atoms with E-state index in [9.17, 15) is 8.42 Å². The van der Waals surface area contributed by atoms with E-state index >= 15 is 0 Å². The average molecular weight is 404 g/mol. The maximum atomic E-state index is 12.2. The maximum Gasteiger partial charge on any atom is 0.240 e. The molecule has 4 rings (SSSR count). The quantitative estimate of drug-likeness (QED) is 0.546. The fourth-order valence-electron chi connectivity index (χ4n) is 3.23. The molecule has 6 heteroatoms. The predicted molar refractivity (Wildman–Crippen MR) is 115 cm³/mol. The standard InChI is InChI=1S/C23H21N3O2S/c1-16-7-11-18(12-8-16)20-15-22(19-13-9-17(2)10-14-19)26(25-20)21-5-3-4-6-23(21)29(24,27)28/h3-15H,1-2H3,(H2,24,27,28). The second-order valence-electron chi connectivity index (χ2n) is 7.07. The molecule has 4 aromatic rings. The third-order valence-electron chi connectivity index (χ3n) is 4.80. The number of benzene rings is 3. The summed E-state index contributed by atoms with van der Waals surface area (Å²) in [6, 6.07) is 24.7. The number of para-hydroxylation sites is 1. The summed E-state index contributed by atoms with van der Waals surface area (Å²) < 4.78 is 26.0. The molecule has 0 bridgehead atoms. The molecule has 0 saturated carbocycles. The van der Waals surface area contributed by atoms with Crippen molar-refractivity contribution in [1.82, 2.24) is 9.78 Å². The number of nitrogens with two attached hydrogens (primary N) is 1. The lowest BCUT2D eigenvalue weighted by Crippen LogP contribution is -2.16. The van der Waals surface area contributed by atoms with Crippen LogP contribution in [0.5, 0.6) is 0 Å². The maximum absolute atomic E-state index is 12.2. The smallest absolute Gasteiger partial charge is 0.231 e. The first-order chi connectivity index (χ1) is 13.8. The first kappa shape index (κ1) is 19.1. The molecule has 5 nitrogen and oxygen atoms in total. The van der Waals surface area contributed by atoms with Gasteiger partial charge in [0.25, 0.3) is 0 Å². The molecule has 0 atom stereocenters. The number of hydrogen-bond donors (Lipinski definition) is 1. The van der Waals surface area contributed by atoms with E-state index in [1.54, 1.807) is 22.9 Å². The largest absolute Gasteiger partial charge is 0.240 e. The van der Waals surface area contributed by atoms with E-state index in [0.29, 0.717) is 5.69 Å². The molecular weight excluding hydrogens is 382 g/mol. The minimum atomic E-state index is -3.91. The van der Waals surface area contributed by atoms with Crippen LogP contribution in [0.4, 0.5) is 0 Å². The van der Waals surface area contributed by atoms with Gasteiger partial charge in [-0.05, 0) is 32.0 Å². The van der Waals surface area contributed by atoms with Gasteiger partial charge in [-0.2, -0.15) is 5.10 Å². The molecule has 0 saturated heterocycles. The summed E-state index contributed by atoms with van der Waals surface area (Å²) in [5.41, 5.74) is 6.15. The molecule has 0 aliphatic heterocycles. The van der Waals surface area contributed by atoms with Crippen molar-refractivity contribution in [2.45, 2.75) is 18.7 Å². The minimum Gasteiger partial charge on any atom is -0.231 e. The van der Waals surface area contributed by atoms with Crippen LogP contribution < -0.4 is 5.14 Å². The number of hydrogen-bond acceptors (Lipinski definition) is 3. The fourth-order valence-corrected chi connectivity index (χ4v) is 3.95. The molecular formula is C23H21N3O2S. The van der Waals surface area contributed by atoms with Crippen LogP contribution in [0.2, 0.25) is 0 Å². The summed E-state index contributed by atoms with van der Waals surface area (Å²) in [5.74, 6) is 0. The monoisotopic (exact) mass is 403 g/mol. The summed E-state index contributed by atoms with van der Waals surface area (Å²) in [7, 11) is -3.91. The second-order valence-corrected chi connectivity index (χ2v) is 8.60. The van der Waals surface area contributed by atoms with Crippen molar-refractivity contribution in [1.29, 1.82) is 0 Å². The number of primary sulfonamides is 1. The Morgan fingerprint density at radius 3 is 1.93 bits per heavy atom. The highest BCUT2D eigenvalue weighted by molar-refractivity contribution is 7.89. The Morgan fingerprint density at radius 2 is 1.34 bits per heavy atom. The zero-order valence-electron chi connectivity index (χ0n) is 16.2. The Balaban J connectivity index is 1.98. The van der Waals surface area contributed by atoms with Gasteiger partial charge in [-0.1, -0.05) is 71.8 Å². The van der Waals surface area contributed by atoms with Gasteiger partial charge in [-0.3, -0.25) is 0 Å². The molecule has 2 N–H and O–H groups in total. The molecule has 1 aromatic heterocycles. The zero-order chi connectivity index (χ0) is 20.6. The van der Waals surface area contributed by atoms with Crippen LogP contribution >= 0.6 is 0 Å². The number of aromatic nitrogens is 2. The van der Waals surface area contributed by atoms with E-state index in [0.717, 1.165) is 33.6 Å². The normalized spacial score (nSPS) is 11.6. The summed E-state index contributed by atoms with van der Waals surface area (Å²) in [4.78, 5) is 0.0342. The Kier molecular flexibility index (Phi) is 4.82. The highest BCUT2D eigenvalue weighted by atomic mass is 32.2. The van der Waals surface area contributed by atoms with Gasteiger partial charge in [0.05, 0.1) is 17.1 Å². The van der Waals surface area contributed by atoms with Crippen molar-refractivity contribution >= 4 is 10.0 Å². The predicted octanol–water partition coefficient (Wildman–Crippen LogP) is 4.47. The molecule has 0 radical (unpaired) electrons. The fraction of sp³-hybridized carbons (Fsp3) is 0.0870. The molecule has 0 aliphatic rings. The third-order valence-corrected chi connectivity index (χ3v) is 5.76. The highest BCUT2D eigenvalue weighted by Crippen LogP contribution is 2.31. The molecule has 0 amide bonds. The van der Waals surface area contributed by atoms with E-state index in [2.05, 4.69) is 0 Å². The zero-order valence-corrected chi connectivity index (χ0v) is 17.0. The van der Waals surface area contributed by atoms with Crippen molar-refractivity contribution in [3.05, 3.63) is 90.0 Å². The van der Waals surface area contributed by atoms with Crippen LogP contribution in [0.15, 0.2) is 83.8 Å². The number of aryl methyl sites for hydroxylation is 2. The van der Waals surface area contributed by atoms with E-state index in [4.69, 9.17) is 10.2 Å². The van der Waals surface area contributed by atoms with E-state index in [1.807, 2.05) is 68.4 Å². The molecule has 146 valence electrons. The summed E-state index contributed by atoms with van der Waals surface area (Å²) in [6.45, 7) is 4.05. The molecule has 0 spiro atoms. The van der Waals surface area contributed by atoms with Gasteiger partial charge in [-0.15, -0.1) is 0 Å². The van der Waals surface area contributed by atoms with Crippen LogP contribution in [0.3, 0.4) is 0 Å². The second kappa shape index (κ2) is 7.31. The topological polar surface area (TPSA) is 78.0 Å². The van der Waals surface area contributed by atoms with Crippen LogP contribution in [-0.4, -0.2) is 18.2 Å². The van der Waals surface area contributed by atoms with Crippen LogP contribution in [-0.2, 0) is 10.0 Å². The molecule has 0 unspecified atom stereocenters. The van der Waals surface area contributed by atoms with Crippen LogP contribution in [0.25, 0.3) is 28.2 Å². The lowest BCUT2D eigenvalue weighted by molar-refractivity contribution is 0.596. The Labute approximate surface area is 170 Å². The van der Waals surface area contributed by atoms with Gasteiger partial charge in [0.15, 0.2) is 0 Å². The highest BCUT2D eigenvalue weighted by Gasteiger charge is 2.20. The van der Waals surface area contributed by atoms with E-state index < -0.39 is 10.0 Å². The van der Waals surface area contributed by atoms with Crippen molar-refractivity contribution < 1.29 is 8.42 Å². The summed E-state index contributed by atoms with van der Waals surface area (Å²) >= 11 is 0. The number of nitrogens with zero attached hydrogens (tertiary/aromatic N) is 2. The van der Waals surface area contributed by atoms with Gasteiger partial charge in [0.2, 0.25) is 10.0 Å². The number of rotatable bonds is 4. The van der Waals surface area contributed by atoms with Crippen molar-refractivity contribution in [2.24, 2.45) is 5.14 Å². The van der Waals surface area contributed by atoms with E-state index in [-0.39, 0.29) is 4.90 Å². The first-order valence-corrected chi connectivity index (χ1v) is 10.7. The van der Waals surface area contributed by atoms with Crippen molar-refractivity contribution in [3.8, 4) is 28.2 Å². The summed E-state index contributed by atoms with van der Waals surface area (Å²) in [5, 5.41) is 10.2. The van der Waals surface area contributed by atoms with Crippen LogP contribution in [0, 0.1) is 13.8 Å². The van der Waals surface area contributed by atoms with Gasteiger partial charge < -0.3 is 0 Å². The average Bonchev–Trinajstić information content (AvgIpc) is 3.14. The Bertz CT molecular complexity index is 1270. The minimum absolute atomic E-state index is 0.0342. The molecule has 29 heavy (non-hydrogen) atoms. The van der Waals surface area contributed by atoms with Gasteiger partial charge in [0.1, 0.15) is 4.90 Å². The third kappa shape index (κ3) is 3.85. The van der Waals surface area contributed by atoms with E-state index in [1.165, 1.54) is 6.07 Å². The van der Waals surface area contributed by atoms with Gasteiger partial charge >= 0.3 is 0 Å². The summed E-state index contributed by atoms with van der Waals surface area (Å²) in [6.07, 6.45) is 0. The van der Waals surface area contributed by atoms with Crippen molar-refractivity contribution in [2.75, 3.05) is 0 Å². The van der Waals surface area contributed by atoms with Gasteiger partial charge in [-0.25, -0.2) is 18.2 Å². The Morgan fingerprint density at radius 1 is 0.793 bits per heavy atom. The lowest BCUT2D eigenvalue weighted by Gasteiger charge is -2.11. The SMILES string of the molecule is Cc1ccc(-c2cc(-c3ccc(C)cc3)n(-c3ccccc3S(N)(=O)=O)n2)cc1. The molecule has 1 heterocycles. The molecule has 0 aliphatic carbocycles. The first-order valence-electron chi connectivity index (χ1n) is 9.19. The lowest BCUT2D eigenvalue weighted by atomic mass is 10.1. The number of sulfonamides is 1. The van der Waals surface area contributed by atoms with Crippen LogP contribution in [0.1, 0.15) is 11.1 Å². The van der Waals surface area contributed by atoms with Gasteiger partial charge in [0, 0.05) is 11.1 Å². The molecule has 3 aromatic carbocycles. The van der Waals surface area contributed by atoms with Crippen molar-refractivity contribution in [3.63, 3.8) is 0 Å².